The van der Waals surface area contributed by atoms with Gasteiger partial charge in [-0.2, -0.15) is 0 Å². The molecule has 0 amide bonds. The van der Waals surface area contributed by atoms with E-state index in [0.29, 0.717) is 87.4 Å². The van der Waals surface area contributed by atoms with Gasteiger partial charge in [0.1, 0.15) is 52.7 Å². The summed E-state index contributed by atoms with van der Waals surface area (Å²) >= 11 is 0. The van der Waals surface area contributed by atoms with Gasteiger partial charge < -0.3 is 56.7 Å². The Balaban J connectivity index is 2.11. The molecule has 0 heterocycles. The average molecular weight is 871 g/mol. The van der Waals surface area contributed by atoms with Crippen molar-refractivity contribution in [2.45, 2.75) is 116 Å². The van der Waals surface area contributed by atoms with Crippen LogP contribution in [0.2, 0.25) is 90.7 Å². The Morgan fingerprint density at radius 3 is 1.18 bits per heavy atom. The van der Waals surface area contributed by atoms with Crippen LogP contribution in [0.25, 0.3) is 0 Å². The summed E-state index contributed by atoms with van der Waals surface area (Å²) in [5.41, 5.74) is 0. The molecule has 2 rings (SSSR count). The SMILES string of the molecule is CCOC(OCCOc1cc(OBOc2ccc(OCOCC[Si](C)(C)C)c(OCCOC(OCC)[Si](C)(C)C)c2)ccc1OCOCC[Si](C)(C)C)[Si](C)(C)C. The molecule has 326 valence electrons. The molecule has 0 aromatic heterocycles. The Morgan fingerprint density at radius 2 is 0.842 bits per heavy atom. The Morgan fingerprint density at radius 1 is 0.456 bits per heavy atom. The van der Waals surface area contributed by atoms with E-state index in [2.05, 4.69) is 78.6 Å². The quantitative estimate of drug-likeness (QED) is 0.0398. The maximum Gasteiger partial charge on any atom is 0.576 e. The average Bonchev–Trinajstić information content (AvgIpc) is 3.10. The van der Waals surface area contributed by atoms with Crippen LogP contribution in [-0.2, 0) is 28.4 Å². The first-order valence-electron chi connectivity index (χ1n) is 20.4. The molecule has 2 atom stereocenters. The largest absolute Gasteiger partial charge is 0.576 e. The van der Waals surface area contributed by atoms with E-state index in [1.54, 1.807) is 12.1 Å². The summed E-state index contributed by atoms with van der Waals surface area (Å²) in [6.07, 6.45) is 0. The molecule has 0 fully saturated rings. The highest BCUT2D eigenvalue weighted by Gasteiger charge is 2.29. The van der Waals surface area contributed by atoms with Crippen molar-refractivity contribution >= 4 is 40.0 Å². The number of ether oxygens (including phenoxy) is 10. The van der Waals surface area contributed by atoms with Gasteiger partial charge in [-0.25, -0.2) is 0 Å². The molecule has 0 spiro atoms. The summed E-state index contributed by atoms with van der Waals surface area (Å²) in [4.78, 5) is 0. The highest BCUT2D eigenvalue weighted by molar-refractivity contribution is 6.77. The standard InChI is InChI=1S/C40H75BO12Si4/c1-15-44-39(56(9,10)11)48-23-21-46-37-29-33(17-19-35(37)50-31-42-25-27-54(3,4)5)52-41-53-34-18-20-36(51-32-43-26-28-55(6,7)8)38(30-34)47-22-24-49-40(45-16-2)57(12,13)14/h17-20,29-30,39-41H,15-16,21-28,31-32H2,1-14H3. The van der Waals surface area contributed by atoms with Crippen LogP contribution < -0.4 is 28.3 Å². The van der Waals surface area contributed by atoms with E-state index in [-0.39, 0.29) is 33.1 Å². The lowest BCUT2D eigenvalue weighted by Crippen LogP contribution is -2.43. The van der Waals surface area contributed by atoms with Gasteiger partial charge in [-0.3, -0.25) is 0 Å². The lowest BCUT2D eigenvalue weighted by atomic mass is 10.2. The van der Waals surface area contributed by atoms with E-state index in [1.165, 1.54) is 0 Å². The number of benzene rings is 2. The molecule has 2 aromatic rings. The molecular weight excluding hydrogens is 796 g/mol. The van der Waals surface area contributed by atoms with Gasteiger partial charge in [0, 0.05) is 54.7 Å². The monoisotopic (exact) mass is 870 g/mol. The van der Waals surface area contributed by atoms with E-state index in [4.69, 9.17) is 56.7 Å². The van der Waals surface area contributed by atoms with Crippen molar-refractivity contribution in [3.05, 3.63) is 36.4 Å². The lowest BCUT2D eigenvalue weighted by molar-refractivity contribution is -0.0973. The van der Waals surface area contributed by atoms with Gasteiger partial charge in [-0.15, -0.1) is 0 Å². The van der Waals surface area contributed by atoms with Gasteiger partial charge >= 0.3 is 7.69 Å². The van der Waals surface area contributed by atoms with Crippen molar-refractivity contribution in [2.75, 3.05) is 66.4 Å². The third kappa shape index (κ3) is 22.8. The summed E-state index contributed by atoms with van der Waals surface area (Å²) in [5, 5.41) is 0. The molecule has 0 aliphatic heterocycles. The topological polar surface area (TPSA) is 111 Å². The maximum absolute atomic E-state index is 6.17. The van der Waals surface area contributed by atoms with E-state index < -0.39 is 32.3 Å². The first kappa shape index (κ1) is 51.1. The molecule has 0 aliphatic carbocycles. The van der Waals surface area contributed by atoms with Crippen LogP contribution >= 0.6 is 0 Å². The zero-order chi connectivity index (χ0) is 42.5. The Kier molecular flexibility index (Phi) is 22.9. The summed E-state index contributed by atoms with van der Waals surface area (Å²) in [6.45, 7) is 35.3. The zero-order valence-corrected chi connectivity index (χ0v) is 41.7. The van der Waals surface area contributed by atoms with E-state index in [9.17, 15) is 0 Å². The van der Waals surface area contributed by atoms with E-state index in [0.717, 1.165) is 12.1 Å². The van der Waals surface area contributed by atoms with Crippen molar-refractivity contribution in [3.8, 4) is 34.5 Å². The predicted octanol–water partition coefficient (Wildman–Crippen LogP) is 9.06. The molecule has 17 heteroatoms. The Hall–Kier alpha value is -2.07. The van der Waals surface area contributed by atoms with Gasteiger partial charge in [0.05, 0.1) is 13.2 Å². The highest BCUT2D eigenvalue weighted by Crippen LogP contribution is 2.34. The smallest absolute Gasteiger partial charge is 0.528 e. The minimum atomic E-state index is -1.68. The molecule has 0 aliphatic rings. The third-order valence-corrected chi connectivity index (χ3v) is 15.0. The van der Waals surface area contributed by atoms with Crippen molar-refractivity contribution in [1.82, 2.24) is 0 Å². The fourth-order valence-corrected chi connectivity index (χ4v) is 8.97. The summed E-state index contributed by atoms with van der Waals surface area (Å²) in [5.74, 6) is 2.77. The second kappa shape index (κ2) is 25.5. The van der Waals surface area contributed by atoms with Gasteiger partial charge in [0.15, 0.2) is 36.6 Å². The molecule has 0 N–H and O–H groups in total. The highest BCUT2D eigenvalue weighted by atomic mass is 28.3. The summed E-state index contributed by atoms with van der Waals surface area (Å²) in [7, 11) is -5.86. The van der Waals surface area contributed by atoms with Crippen LogP contribution in [0.1, 0.15) is 13.8 Å². The third-order valence-electron chi connectivity index (χ3n) is 8.14. The van der Waals surface area contributed by atoms with Gasteiger partial charge in [-0.05, 0) is 50.2 Å². The maximum atomic E-state index is 6.17. The van der Waals surface area contributed by atoms with Crippen LogP contribution in [0.4, 0.5) is 0 Å². The van der Waals surface area contributed by atoms with Crippen molar-refractivity contribution in [2.24, 2.45) is 0 Å². The summed E-state index contributed by atoms with van der Waals surface area (Å²) < 4.78 is 71.9. The molecule has 0 saturated carbocycles. The minimum absolute atomic E-state index is 0.0659. The molecule has 0 radical (unpaired) electrons. The molecule has 0 bridgehead atoms. The number of hydrogen-bond acceptors (Lipinski definition) is 12. The normalized spacial score (nSPS) is 13.5. The van der Waals surface area contributed by atoms with E-state index >= 15 is 0 Å². The second-order valence-corrected chi connectivity index (χ2v) is 40.0. The van der Waals surface area contributed by atoms with Gasteiger partial charge in [0.25, 0.3) is 0 Å². The number of hydrogen-bond donors (Lipinski definition) is 0. The van der Waals surface area contributed by atoms with Crippen molar-refractivity contribution < 1.29 is 56.7 Å². The fourth-order valence-electron chi connectivity index (χ4n) is 4.88. The molecule has 12 nitrogen and oxygen atoms in total. The Bertz CT molecular complexity index is 1290. The predicted molar refractivity (Wildman–Crippen MR) is 241 cm³/mol. The first-order valence-corrected chi connectivity index (χ1v) is 35.0. The van der Waals surface area contributed by atoms with Crippen LogP contribution in [0.15, 0.2) is 36.4 Å². The minimum Gasteiger partial charge on any atom is -0.528 e. The molecule has 57 heavy (non-hydrogen) atoms. The molecular formula is C40H75BO12Si4. The van der Waals surface area contributed by atoms with Crippen LogP contribution in [0.5, 0.6) is 34.5 Å². The fraction of sp³-hybridized carbons (Fsp3) is 0.700. The zero-order valence-electron chi connectivity index (χ0n) is 37.7. The first-order chi connectivity index (χ1) is 26.7. The van der Waals surface area contributed by atoms with Gasteiger partial charge in [-0.1, -0.05) is 78.6 Å². The lowest BCUT2D eigenvalue weighted by Gasteiger charge is -2.28. The van der Waals surface area contributed by atoms with Crippen LogP contribution in [0.3, 0.4) is 0 Å². The van der Waals surface area contributed by atoms with Gasteiger partial charge in [0.2, 0.25) is 0 Å². The van der Waals surface area contributed by atoms with E-state index in [1.807, 2.05) is 38.1 Å². The molecule has 0 saturated heterocycles. The van der Waals surface area contributed by atoms with Crippen molar-refractivity contribution in [3.63, 3.8) is 0 Å². The van der Waals surface area contributed by atoms with Crippen molar-refractivity contribution in [1.29, 1.82) is 0 Å². The molecule has 2 aromatic carbocycles. The van der Waals surface area contributed by atoms with Crippen LogP contribution in [0, 0.1) is 0 Å². The number of rotatable bonds is 32. The Labute approximate surface area is 349 Å². The second-order valence-electron chi connectivity index (χ2n) is 18.3. The summed E-state index contributed by atoms with van der Waals surface area (Å²) in [6, 6.07) is 12.9. The van der Waals surface area contributed by atoms with Crippen LogP contribution in [-0.4, -0.2) is 118 Å². The molecule has 2 unspecified atom stereocenters.